The minimum absolute atomic E-state index is 0.0133. The third-order valence-electron chi connectivity index (χ3n) is 4.62. The Bertz CT molecular complexity index is 913. The molecular weight excluding hydrogens is 400 g/mol. The molecule has 2 aromatic rings. The van der Waals surface area contributed by atoms with Crippen molar-refractivity contribution in [2.75, 3.05) is 36.6 Å². The third kappa shape index (κ3) is 6.47. The zero-order valence-corrected chi connectivity index (χ0v) is 17.5. The second-order valence-electron chi connectivity index (χ2n) is 6.88. The Morgan fingerprint density at radius 2 is 1.74 bits per heavy atom. The summed E-state index contributed by atoms with van der Waals surface area (Å²) in [6, 6.07) is 14.2. The number of ether oxygens (including phenoxy) is 3. The highest BCUT2D eigenvalue weighted by atomic mass is 16.5. The summed E-state index contributed by atoms with van der Waals surface area (Å²) in [5.74, 6) is 0.377. The molecule has 8 heteroatoms. The van der Waals surface area contributed by atoms with Gasteiger partial charge in [-0.05, 0) is 49.7 Å². The van der Waals surface area contributed by atoms with Crippen LogP contribution >= 0.6 is 0 Å². The van der Waals surface area contributed by atoms with Crippen LogP contribution in [-0.4, -0.2) is 44.1 Å². The fourth-order valence-corrected chi connectivity index (χ4v) is 3.17. The van der Waals surface area contributed by atoms with Gasteiger partial charge in [0.05, 0.1) is 31.0 Å². The molecule has 0 aromatic heterocycles. The second kappa shape index (κ2) is 11.0. The number of hydrogen-bond acceptors (Lipinski definition) is 6. The van der Waals surface area contributed by atoms with Crippen LogP contribution in [0.1, 0.15) is 26.2 Å². The first-order chi connectivity index (χ1) is 15.1. The fourth-order valence-electron chi connectivity index (χ4n) is 3.17. The Balaban J connectivity index is 1.41. The fraction of sp³-hybridized carbons (Fsp3) is 0.348. The molecule has 1 aliphatic heterocycles. The van der Waals surface area contributed by atoms with Gasteiger partial charge in [0.1, 0.15) is 11.5 Å². The summed E-state index contributed by atoms with van der Waals surface area (Å²) >= 11 is 0. The zero-order chi connectivity index (χ0) is 22.1. The van der Waals surface area contributed by atoms with E-state index in [4.69, 9.17) is 14.2 Å². The maximum absolute atomic E-state index is 12.2. The lowest BCUT2D eigenvalue weighted by molar-refractivity contribution is -0.147. The standard InChI is InChI=1S/C23H26N2O6/c1-2-29-17-9-11-18(12-10-17)30-15-13-23(28)31-16-21(26)24-19-6-3-4-7-20(19)25-14-5-8-22(25)27/h3-4,6-7,9-12H,2,5,8,13-16H2,1H3,(H,24,26). The van der Waals surface area contributed by atoms with Crippen molar-refractivity contribution in [3.8, 4) is 11.5 Å². The van der Waals surface area contributed by atoms with E-state index in [9.17, 15) is 14.4 Å². The Morgan fingerprint density at radius 3 is 2.42 bits per heavy atom. The van der Waals surface area contributed by atoms with Gasteiger partial charge in [-0.15, -0.1) is 0 Å². The summed E-state index contributed by atoms with van der Waals surface area (Å²) in [6.07, 6.45) is 1.30. The third-order valence-corrected chi connectivity index (χ3v) is 4.62. The van der Waals surface area contributed by atoms with Crippen molar-refractivity contribution in [2.45, 2.75) is 26.2 Å². The molecule has 2 amide bonds. The van der Waals surface area contributed by atoms with E-state index in [0.717, 1.165) is 12.2 Å². The Morgan fingerprint density at radius 1 is 1.03 bits per heavy atom. The minimum atomic E-state index is -0.538. The number of benzene rings is 2. The van der Waals surface area contributed by atoms with Gasteiger partial charge in [0.2, 0.25) is 5.91 Å². The molecular formula is C23H26N2O6. The number of carbonyl (C=O) groups is 3. The van der Waals surface area contributed by atoms with Gasteiger partial charge in [-0.25, -0.2) is 0 Å². The Labute approximate surface area is 181 Å². The zero-order valence-electron chi connectivity index (χ0n) is 17.5. The van der Waals surface area contributed by atoms with Gasteiger partial charge in [-0.2, -0.15) is 0 Å². The highest BCUT2D eigenvalue weighted by molar-refractivity contribution is 6.02. The summed E-state index contributed by atoms with van der Waals surface area (Å²) in [5.41, 5.74) is 1.16. The summed E-state index contributed by atoms with van der Waals surface area (Å²) in [7, 11) is 0. The van der Waals surface area contributed by atoms with E-state index in [0.29, 0.717) is 36.7 Å². The predicted octanol–water partition coefficient (Wildman–Crippen LogP) is 3.16. The van der Waals surface area contributed by atoms with Gasteiger partial charge < -0.3 is 24.4 Å². The van der Waals surface area contributed by atoms with Crippen molar-refractivity contribution in [3.63, 3.8) is 0 Å². The van der Waals surface area contributed by atoms with Crippen LogP contribution in [0.3, 0.4) is 0 Å². The van der Waals surface area contributed by atoms with E-state index in [1.165, 1.54) is 0 Å². The van der Waals surface area contributed by atoms with Gasteiger partial charge in [0, 0.05) is 13.0 Å². The summed E-state index contributed by atoms with van der Waals surface area (Å²) in [4.78, 5) is 37.8. The molecule has 0 aliphatic carbocycles. The molecule has 0 atom stereocenters. The monoisotopic (exact) mass is 426 g/mol. The lowest BCUT2D eigenvalue weighted by atomic mass is 10.2. The molecule has 0 bridgehead atoms. The molecule has 8 nitrogen and oxygen atoms in total. The minimum Gasteiger partial charge on any atom is -0.494 e. The molecule has 1 N–H and O–H groups in total. The summed E-state index contributed by atoms with van der Waals surface area (Å²) in [6.45, 7) is 2.83. The highest BCUT2D eigenvalue weighted by Gasteiger charge is 2.24. The first kappa shape index (κ1) is 22.1. The van der Waals surface area contributed by atoms with Crippen LogP contribution in [0.25, 0.3) is 0 Å². The predicted molar refractivity (Wildman–Crippen MR) is 115 cm³/mol. The number of hydrogen-bond donors (Lipinski definition) is 1. The maximum Gasteiger partial charge on any atom is 0.309 e. The number of anilines is 2. The molecule has 1 aliphatic rings. The normalized spacial score (nSPS) is 13.1. The van der Waals surface area contributed by atoms with E-state index >= 15 is 0 Å². The van der Waals surface area contributed by atoms with Crippen molar-refractivity contribution >= 4 is 29.2 Å². The quantitative estimate of drug-likeness (QED) is 0.587. The van der Waals surface area contributed by atoms with Crippen LogP contribution in [0.15, 0.2) is 48.5 Å². The number of amides is 2. The molecule has 3 rings (SSSR count). The van der Waals surface area contributed by atoms with Crippen molar-refractivity contribution in [3.05, 3.63) is 48.5 Å². The molecule has 164 valence electrons. The first-order valence-electron chi connectivity index (χ1n) is 10.3. The highest BCUT2D eigenvalue weighted by Crippen LogP contribution is 2.29. The average Bonchev–Trinajstić information content (AvgIpc) is 3.20. The molecule has 2 aromatic carbocycles. The van der Waals surface area contributed by atoms with Gasteiger partial charge >= 0.3 is 5.97 Å². The van der Waals surface area contributed by atoms with E-state index in [2.05, 4.69) is 5.32 Å². The van der Waals surface area contributed by atoms with E-state index in [1.54, 1.807) is 53.4 Å². The van der Waals surface area contributed by atoms with Crippen molar-refractivity contribution in [1.29, 1.82) is 0 Å². The van der Waals surface area contributed by atoms with Crippen LogP contribution in [0.2, 0.25) is 0 Å². The number of rotatable bonds is 10. The molecule has 1 heterocycles. The van der Waals surface area contributed by atoms with Crippen LogP contribution in [0, 0.1) is 0 Å². The average molecular weight is 426 g/mol. The summed E-state index contributed by atoms with van der Waals surface area (Å²) < 4.78 is 15.9. The van der Waals surface area contributed by atoms with Gasteiger partial charge in [0.25, 0.3) is 5.91 Å². The maximum atomic E-state index is 12.2. The van der Waals surface area contributed by atoms with Crippen LogP contribution in [0.4, 0.5) is 11.4 Å². The van der Waals surface area contributed by atoms with Crippen molar-refractivity contribution in [1.82, 2.24) is 0 Å². The molecule has 0 unspecified atom stereocenters. The number of nitrogens with one attached hydrogen (secondary N) is 1. The van der Waals surface area contributed by atoms with E-state index in [1.807, 2.05) is 6.92 Å². The molecule has 0 radical (unpaired) electrons. The van der Waals surface area contributed by atoms with Gasteiger partial charge in [-0.3, -0.25) is 14.4 Å². The molecule has 0 spiro atoms. The first-order valence-corrected chi connectivity index (χ1v) is 10.3. The van der Waals surface area contributed by atoms with Gasteiger partial charge in [0.15, 0.2) is 6.61 Å². The lowest BCUT2D eigenvalue weighted by Gasteiger charge is -2.19. The largest absolute Gasteiger partial charge is 0.494 e. The van der Waals surface area contributed by atoms with Crippen LogP contribution in [0.5, 0.6) is 11.5 Å². The van der Waals surface area contributed by atoms with Crippen molar-refractivity contribution < 1.29 is 28.6 Å². The molecule has 1 saturated heterocycles. The SMILES string of the molecule is CCOc1ccc(OCCC(=O)OCC(=O)Nc2ccccc2N2CCCC2=O)cc1. The van der Waals surface area contributed by atoms with Crippen LogP contribution < -0.4 is 19.7 Å². The Hall–Kier alpha value is -3.55. The van der Waals surface area contributed by atoms with Crippen LogP contribution in [-0.2, 0) is 19.1 Å². The number of carbonyl (C=O) groups excluding carboxylic acids is 3. The van der Waals surface area contributed by atoms with Crippen molar-refractivity contribution in [2.24, 2.45) is 0 Å². The summed E-state index contributed by atoms with van der Waals surface area (Å²) in [5, 5.41) is 2.71. The number of nitrogens with zero attached hydrogens (tertiary/aromatic N) is 1. The van der Waals surface area contributed by atoms with E-state index < -0.39 is 18.5 Å². The Kier molecular flexibility index (Phi) is 7.86. The number of esters is 1. The van der Waals surface area contributed by atoms with E-state index in [-0.39, 0.29) is 18.9 Å². The van der Waals surface area contributed by atoms with Gasteiger partial charge in [-0.1, -0.05) is 12.1 Å². The lowest BCUT2D eigenvalue weighted by Crippen LogP contribution is -2.27. The second-order valence-corrected chi connectivity index (χ2v) is 6.88. The molecule has 0 saturated carbocycles. The topological polar surface area (TPSA) is 94.2 Å². The molecule has 31 heavy (non-hydrogen) atoms. The smallest absolute Gasteiger partial charge is 0.309 e. The number of para-hydroxylation sites is 2. The molecule has 1 fully saturated rings.